The van der Waals surface area contributed by atoms with E-state index in [-0.39, 0.29) is 5.92 Å². The van der Waals surface area contributed by atoms with Gasteiger partial charge in [0.1, 0.15) is 5.82 Å². The molecule has 1 aliphatic rings. The molecule has 1 unspecified atom stereocenters. The maximum absolute atomic E-state index is 5.69. The highest BCUT2D eigenvalue weighted by Gasteiger charge is 2.13. The number of hydrogen-bond donors (Lipinski definition) is 1. The van der Waals surface area contributed by atoms with Crippen molar-refractivity contribution >= 4 is 0 Å². The van der Waals surface area contributed by atoms with Crippen LogP contribution in [0.2, 0.25) is 0 Å². The van der Waals surface area contributed by atoms with E-state index in [0.717, 1.165) is 11.5 Å². The number of hydrogen-bond acceptors (Lipinski definition) is 3. The Labute approximate surface area is 113 Å². The van der Waals surface area contributed by atoms with Crippen LogP contribution in [0.5, 0.6) is 0 Å². The summed E-state index contributed by atoms with van der Waals surface area (Å²) in [6.07, 6.45) is 5.52. The quantitative estimate of drug-likeness (QED) is 0.915. The van der Waals surface area contributed by atoms with Gasteiger partial charge in [0.05, 0.1) is 5.69 Å². The van der Waals surface area contributed by atoms with Crippen molar-refractivity contribution in [3.05, 3.63) is 47.4 Å². The molecule has 2 N–H and O–H groups in total. The van der Waals surface area contributed by atoms with Crippen LogP contribution in [-0.4, -0.2) is 16.5 Å². The van der Waals surface area contributed by atoms with E-state index in [1.165, 1.54) is 36.0 Å². The number of aryl methyl sites for hydroxylation is 2. The minimum atomic E-state index is 0.203. The van der Waals surface area contributed by atoms with Crippen molar-refractivity contribution in [2.75, 3.05) is 6.54 Å². The van der Waals surface area contributed by atoms with Crippen molar-refractivity contribution in [2.45, 2.75) is 32.1 Å². The van der Waals surface area contributed by atoms with Gasteiger partial charge in [-0.25, -0.2) is 9.97 Å². The fourth-order valence-electron chi connectivity index (χ4n) is 2.61. The molecule has 0 saturated carbocycles. The predicted molar refractivity (Wildman–Crippen MR) is 77.0 cm³/mol. The fraction of sp³-hybridized carbons (Fsp3) is 0.375. The molecule has 1 aromatic carbocycles. The number of fused-ring (bicyclic) bond motifs is 1. The van der Waals surface area contributed by atoms with Crippen LogP contribution in [0.15, 0.2) is 30.5 Å². The molecular weight excluding hydrogens is 234 g/mol. The van der Waals surface area contributed by atoms with Gasteiger partial charge in [0.15, 0.2) is 0 Å². The van der Waals surface area contributed by atoms with Crippen LogP contribution in [0, 0.1) is 0 Å². The molecule has 3 nitrogen and oxygen atoms in total. The third-order valence-corrected chi connectivity index (χ3v) is 3.86. The van der Waals surface area contributed by atoms with Crippen molar-refractivity contribution in [3.8, 4) is 11.3 Å². The summed E-state index contributed by atoms with van der Waals surface area (Å²) in [6.45, 7) is 2.63. The van der Waals surface area contributed by atoms with Gasteiger partial charge >= 0.3 is 0 Å². The molecule has 98 valence electrons. The van der Waals surface area contributed by atoms with Crippen molar-refractivity contribution in [2.24, 2.45) is 5.73 Å². The largest absolute Gasteiger partial charge is 0.330 e. The number of nitrogens with two attached hydrogens (primary N) is 1. The summed E-state index contributed by atoms with van der Waals surface area (Å²) in [5.41, 5.74) is 10.8. The lowest BCUT2D eigenvalue weighted by Gasteiger charge is -2.09. The van der Waals surface area contributed by atoms with Crippen LogP contribution in [0.4, 0.5) is 0 Å². The maximum atomic E-state index is 5.69. The SMILES string of the molecule is CC(CN)c1nccc(-c2ccc3c(c2)CCC3)n1. The third-order valence-electron chi connectivity index (χ3n) is 3.86. The van der Waals surface area contributed by atoms with Gasteiger partial charge in [0.2, 0.25) is 0 Å². The Kier molecular flexibility index (Phi) is 3.30. The first-order valence-electron chi connectivity index (χ1n) is 6.93. The zero-order valence-corrected chi connectivity index (χ0v) is 11.3. The Morgan fingerprint density at radius 1 is 1.21 bits per heavy atom. The highest BCUT2D eigenvalue weighted by atomic mass is 14.9. The van der Waals surface area contributed by atoms with E-state index in [9.17, 15) is 0 Å². The molecule has 2 aromatic rings. The minimum absolute atomic E-state index is 0.203. The summed E-state index contributed by atoms with van der Waals surface area (Å²) < 4.78 is 0. The summed E-state index contributed by atoms with van der Waals surface area (Å²) in [6, 6.07) is 8.67. The molecule has 0 amide bonds. The Morgan fingerprint density at radius 2 is 2.05 bits per heavy atom. The second-order valence-corrected chi connectivity index (χ2v) is 5.27. The van der Waals surface area contributed by atoms with Crippen LogP contribution >= 0.6 is 0 Å². The standard InChI is InChI=1S/C16H19N3/c1-11(10-17)16-18-8-7-15(19-16)14-6-5-12-3-2-4-13(12)9-14/h5-9,11H,2-4,10,17H2,1H3. The Morgan fingerprint density at radius 3 is 2.89 bits per heavy atom. The monoisotopic (exact) mass is 253 g/mol. The number of rotatable bonds is 3. The molecule has 19 heavy (non-hydrogen) atoms. The van der Waals surface area contributed by atoms with E-state index in [0.29, 0.717) is 6.54 Å². The second kappa shape index (κ2) is 5.10. The first-order valence-corrected chi connectivity index (χ1v) is 6.93. The van der Waals surface area contributed by atoms with Crippen molar-refractivity contribution in [1.82, 2.24) is 9.97 Å². The molecule has 1 aromatic heterocycles. The Balaban J connectivity index is 1.98. The third kappa shape index (κ3) is 2.38. The number of benzene rings is 1. The molecule has 3 heteroatoms. The molecule has 0 saturated heterocycles. The van der Waals surface area contributed by atoms with Gasteiger partial charge in [-0.2, -0.15) is 0 Å². The first kappa shape index (κ1) is 12.3. The van der Waals surface area contributed by atoms with E-state index >= 15 is 0 Å². The average molecular weight is 253 g/mol. The van der Waals surface area contributed by atoms with Gasteiger partial charge < -0.3 is 5.73 Å². The minimum Gasteiger partial charge on any atom is -0.330 e. The first-order chi connectivity index (χ1) is 9.28. The van der Waals surface area contributed by atoms with Crippen LogP contribution in [0.25, 0.3) is 11.3 Å². The van der Waals surface area contributed by atoms with E-state index in [2.05, 4.69) is 35.1 Å². The van der Waals surface area contributed by atoms with Crippen LogP contribution in [0.3, 0.4) is 0 Å². The molecule has 0 radical (unpaired) electrons. The zero-order valence-electron chi connectivity index (χ0n) is 11.3. The highest BCUT2D eigenvalue weighted by Crippen LogP contribution is 2.27. The van der Waals surface area contributed by atoms with Crippen molar-refractivity contribution in [1.29, 1.82) is 0 Å². The molecular formula is C16H19N3. The van der Waals surface area contributed by atoms with Crippen molar-refractivity contribution in [3.63, 3.8) is 0 Å². The van der Waals surface area contributed by atoms with E-state index in [1.54, 1.807) is 0 Å². The van der Waals surface area contributed by atoms with Crippen LogP contribution < -0.4 is 5.73 Å². The molecule has 1 heterocycles. The zero-order chi connectivity index (χ0) is 13.2. The lowest BCUT2D eigenvalue weighted by atomic mass is 10.0. The molecule has 1 aliphatic carbocycles. The normalized spacial score (nSPS) is 15.3. The summed E-state index contributed by atoms with van der Waals surface area (Å²) >= 11 is 0. The number of aromatic nitrogens is 2. The van der Waals surface area contributed by atoms with E-state index in [4.69, 9.17) is 5.73 Å². The van der Waals surface area contributed by atoms with Crippen molar-refractivity contribution < 1.29 is 0 Å². The van der Waals surface area contributed by atoms with E-state index in [1.807, 2.05) is 12.3 Å². The van der Waals surface area contributed by atoms with Crippen LogP contribution in [-0.2, 0) is 12.8 Å². The van der Waals surface area contributed by atoms with Gasteiger partial charge in [0, 0.05) is 24.2 Å². The van der Waals surface area contributed by atoms with Gasteiger partial charge in [-0.15, -0.1) is 0 Å². The summed E-state index contributed by atoms with van der Waals surface area (Å²) in [5.74, 6) is 1.04. The topological polar surface area (TPSA) is 51.8 Å². The lowest BCUT2D eigenvalue weighted by molar-refractivity contribution is 0.712. The fourth-order valence-corrected chi connectivity index (χ4v) is 2.61. The highest BCUT2D eigenvalue weighted by molar-refractivity contribution is 5.61. The lowest BCUT2D eigenvalue weighted by Crippen LogP contribution is -2.12. The molecule has 0 bridgehead atoms. The number of nitrogens with zero attached hydrogens (tertiary/aromatic N) is 2. The molecule has 1 atom stereocenters. The van der Waals surface area contributed by atoms with Gasteiger partial charge in [-0.3, -0.25) is 0 Å². The summed E-state index contributed by atoms with van der Waals surface area (Å²) in [5, 5.41) is 0. The molecule has 0 aliphatic heterocycles. The average Bonchev–Trinajstić information content (AvgIpc) is 2.94. The molecule has 3 rings (SSSR count). The van der Waals surface area contributed by atoms with Crippen LogP contribution in [0.1, 0.15) is 36.2 Å². The summed E-state index contributed by atoms with van der Waals surface area (Å²) in [4.78, 5) is 8.97. The van der Waals surface area contributed by atoms with Gasteiger partial charge in [0.25, 0.3) is 0 Å². The Bertz CT molecular complexity index is 592. The predicted octanol–water partition coefficient (Wildman–Crippen LogP) is 2.69. The maximum Gasteiger partial charge on any atom is 0.133 e. The van der Waals surface area contributed by atoms with Gasteiger partial charge in [-0.1, -0.05) is 19.1 Å². The second-order valence-electron chi connectivity index (χ2n) is 5.27. The molecule has 0 fully saturated rings. The van der Waals surface area contributed by atoms with E-state index < -0.39 is 0 Å². The molecule has 0 spiro atoms. The Hall–Kier alpha value is -1.74. The summed E-state index contributed by atoms with van der Waals surface area (Å²) in [7, 11) is 0. The van der Waals surface area contributed by atoms with Gasteiger partial charge in [-0.05, 0) is 42.5 Å². The smallest absolute Gasteiger partial charge is 0.133 e.